The number of hydrogen-bond donors (Lipinski definition) is 2. The zero-order valence-electron chi connectivity index (χ0n) is 14.0. The summed E-state index contributed by atoms with van der Waals surface area (Å²) in [5.74, 6) is 0.105. The Morgan fingerprint density at radius 1 is 1.33 bits per heavy atom. The van der Waals surface area contributed by atoms with E-state index in [-0.39, 0.29) is 25.0 Å². The van der Waals surface area contributed by atoms with E-state index >= 15 is 0 Å². The minimum atomic E-state index is -0.312. The Kier molecular flexibility index (Phi) is 6.31. The van der Waals surface area contributed by atoms with Crippen molar-refractivity contribution in [1.29, 1.82) is 0 Å². The number of carbonyl (C=O) groups excluding carboxylic acids is 1. The monoisotopic (exact) mass is 334 g/mol. The lowest BCUT2D eigenvalue weighted by Gasteiger charge is -2.21. The first-order chi connectivity index (χ1) is 11.5. The Hall–Kier alpha value is -2.41. The predicted octanol–water partition coefficient (Wildman–Crippen LogP) is 2.95. The molecule has 0 saturated heterocycles. The third-order valence-electron chi connectivity index (χ3n) is 3.63. The first-order valence-corrected chi connectivity index (χ1v) is 8.04. The van der Waals surface area contributed by atoms with Gasteiger partial charge in [-0.25, -0.2) is 13.9 Å². The van der Waals surface area contributed by atoms with Crippen LogP contribution in [0.1, 0.15) is 25.5 Å². The number of halogens is 1. The molecule has 2 N–H and O–H groups in total. The highest BCUT2D eigenvalue weighted by molar-refractivity contribution is 5.88. The summed E-state index contributed by atoms with van der Waals surface area (Å²) in [5, 5.41) is 16.2. The molecular weight excluding hydrogens is 311 g/mol. The number of aliphatic hydroxyl groups excluding tert-OH is 1. The summed E-state index contributed by atoms with van der Waals surface area (Å²) in [6, 6.07) is 7.44. The molecule has 0 bridgehead atoms. The number of anilines is 1. The lowest BCUT2D eigenvalue weighted by molar-refractivity contribution is 0.187. The third kappa shape index (κ3) is 4.55. The number of aliphatic hydroxyl groups is 1. The van der Waals surface area contributed by atoms with E-state index in [1.165, 1.54) is 12.1 Å². The van der Waals surface area contributed by atoms with Crippen LogP contribution < -0.4 is 5.32 Å². The van der Waals surface area contributed by atoms with Gasteiger partial charge < -0.3 is 10.0 Å². The van der Waals surface area contributed by atoms with E-state index in [0.717, 1.165) is 18.5 Å². The van der Waals surface area contributed by atoms with E-state index in [1.54, 1.807) is 27.8 Å². The van der Waals surface area contributed by atoms with Gasteiger partial charge in [0, 0.05) is 24.8 Å². The van der Waals surface area contributed by atoms with Gasteiger partial charge in [-0.15, -0.1) is 5.10 Å². The minimum absolute atomic E-state index is 0.0832. The molecule has 1 aromatic carbocycles. The van der Waals surface area contributed by atoms with Crippen molar-refractivity contribution in [2.45, 2.75) is 26.7 Å². The molecule has 1 aromatic heterocycles. The average molecular weight is 334 g/mol. The van der Waals surface area contributed by atoms with Crippen molar-refractivity contribution in [2.75, 3.05) is 25.0 Å². The van der Waals surface area contributed by atoms with E-state index in [1.807, 2.05) is 13.8 Å². The molecule has 0 radical (unpaired) electrons. The van der Waals surface area contributed by atoms with Crippen molar-refractivity contribution in [1.82, 2.24) is 14.7 Å². The Morgan fingerprint density at radius 3 is 2.67 bits per heavy atom. The zero-order chi connectivity index (χ0) is 17.5. The molecule has 0 fully saturated rings. The lowest BCUT2D eigenvalue weighted by atomic mass is 10.3. The minimum Gasteiger partial charge on any atom is -0.395 e. The van der Waals surface area contributed by atoms with Crippen molar-refractivity contribution in [2.24, 2.45) is 0 Å². The number of benzene rings is 1. The number of urea groups is 1. The van der Waals surface area contributed by atoms with E-state index in [4.69, 9.17) is 5.11 Å². The number of aromatic nitrogens is 2. The van der Waals surface area contributed by atoms with Crippen LogP contribution in [0.4, 0.5) is 15.0 Å². The highest BCUT2D eigenvalue weighted by Crippen LogP contribution is 2.16. The quantitative estimate of drug-likeness (QED) is 0.818. The topological polar surface area (TPSA) is 70.4 Å². The van der Waals surface area contributed by atoms with E-state index in [9.17, 15) is 9.18 Å². The molecule has 2 amide bonds. The van der Waals surface area contributed by atoms with Crippen LogP contribution in [0.5, 0.6) is 0 Å². The summed E-state index contributed by atoms with van der Waals surface area (Å²) < 4.78 is 14.7. The number of nitrogens with one attached hydrogen (secondary N) is 1. The molecule has 0 aliphatic heterocycles. The van der Waals surface area contributed by atoms with Crippen LogP contribution in [0.15, 0.2) is 30.3 Å². The molecule has 0 atom stereocenters. The van der Waals surface area contributed by atoms with Crippen LogP contribution in [-0.4, -0.2) is 45.5 Å². The van der Waals surface area contributed by atoms with E-state index in [0.29, 0.717) is 18.1 Å². The first kappa shape index (κ1) is 17.9. The average Bonchev–Trinajstić information content (AvgIpc) is 2.92. The van der Waals surface area contributed by atoms with Crippen LogP contribution in [-0.2, 0) is 0 Å². The summed E-state index contributed by atoms with van der Waals surface area (Å²) in [7, 11) is 0. The number of nitrogens with zero attached hydrogens (tertiary/aromatic N) is 3. The zero-order valence-corrected chi connectivity index (χ0v) is 14.0. The molecule has 2 rings (SSSR count). The SMILES string of the molecule is CCCCN(CCO)C(=O)Nc1cc(C)n(-c2ccc(F)cc2)n1. The summed E-state index contributed by atoms with van der Waals surface area (Å²) >= 11 is 0. The molecule has 0 saturated carbocycles. The second kappa shape index (κ2) is 8.44. The summed E-state index contributed by atoms with van der Waals surface area (Å²) in [5.41, 5.74) is 1.53. The van der Waals surface area contributed by atoms with E-state index < -0.39 is 0 Å². The Bertz CT molecular complexity index is 670. The van der Waals surface area contributed by atoms with Crippen molar-refractivity contribution in [3.05, 3.63) is 41.8 Å². The predicted molar refractivity (Wildman–Crippen MR) is 90.8 cm³/mol. The lowest BCUT2D eigenvalue weighted by Crippen LogP contribution is -2.37. The second-order valence-corrected chi connectivity index (χ2v) is 5.55. The molecule has 24 heavy (non-hydrogen) atoms. The van der Waals surface area contributed by atoms with Gasteiger partial charge >= 0.3 is 6.03 Å². The summed E-state index contributed by atoms with van der Waals surface area (Å²) in [6.07, 6.45) is 1.84. The van der Waals surface area contributed by atoms with Crippen LogP contribution in [0.25, 0.3) is 5.69 Å². The van der Waals surface area contributed by atoms with E-state index in [2.05, 4.69) is 10.4 Å². The van der Waals surface area contributed by atoms with Gasteiger partial charge in [-0.3, -0.25) is 5.32 Å². The molecule has 7 heteroatoms. The largest absolute Gasteiger partial charge is 0.395 e. The van der Waals surface area contributed by atoms with Gasteiger partial charge in [0.2, 0.25) is 0 Å². The highest BCUT2D eigenvalue weighted by Gasteiger charge is 2.15. The number of amides is 2. The Labute approximate surface area is 140 Å². The molecule has 6 nitrogen and oxygen atoms in total. The maximum Gasteiger partial charge on any atom is 0.323 e. The van der Waals surface area contributed by atoms with Crippen LogP contribution in [0, 0.1) is 12.7 Å². The van der Waals surface area contributed by atoms with Gasteiger partial charge in [0.25, 0.3) is 0 Å². The van der Waals surface area contributed by atoms with Crippen LogP contribution >= 0.6 is 0 Å². The molecule has 2 aromatic rings. The normalized spacial score (nSPS) is 10.7. The number of unbranched alkanes of at least 4 members (excludes halogenated alkanes) is 1. The standard InChI is InChI=1S/C17H23FN4O2/c1-3-4-9-21(10-11-23)17(24)19-16-12-13(2)22(20-16)15-7-5-14(18)6-8-15/h5-8,12,23H,3-4,9-11H2,1-2H3,(H,19,20,24). The van der Waals surface area contributed by atoms with Gasteiger partial charge in [0.15, 0.2) is 5.82 Å². The fraction of sp³-hybridized carbons (Fsp3) is 0.412. The Morgan fingerprint density at radius 2 is 2.04 bits per heavy atom. The van der Waals surface area contributed by atoms with Crippen molar-refractivity contribution < 1.29 is 14.3 Å². The van der Waals surface area contributed by atoms with Crippen LogP contribution in [0.2, 0.25) is 0 Å². The molecule has 130 valence electrons. The highest BCUT2D eigenvalue weighted by atomic mass is 19.1. The molecule has 0 aliphatic carbocycles. The van der Waals surface area contributed by atoms with Gasteiger partial charge in [-0.05, 0) is 37.6 Å². The fourth-order valence-electron chi connectivity index (χ4n) is 2.35. The molecule has 0 aliphatic rings. The number of hydrogen-bond acceptors (Lipinski definition) is 3. The number of rotatable bonds is 7. The Balaban J connectivity index is 2.11. The van der Waals surface area contributed by atoms with Crippen molar-refractivity contribution in [3.8, 4) is 5.69 Å². The van der Waals surface area contributed by atoms with Gasteiger partial charge in [-0.2, -0.15) is 0 Å². The van der Waals surface area contributed by atoms with Gasteiger partial charge in [-0.1, -0.05) is 13.3 Å². The maximum atomic E-state index is 13.0. The second-order valence-electron chi connectivity index (χ2n) is 5.55. The molecule has 0 unspecified atom stereocenters. The van der Waals surface area contributed by atoms with Crippen LogP contribution in [0.3, 0.4) is 0 Å². The third-order valence-corrected chi connectivity index (χ3v) is 3.63. The molecule has 0 spiro atoms. The fourth-order valence-corrected chi connectivity index (χ4v) is 2.35. The maximum absolute atomic E-state index is 13.0. The molecular formula is C17H23FN4O2. The molecule has 1 heterocycles. The summed E-state index contributed by atoms with van der Waals surface area (Å²) in [4.78, 5) is 13.9. The van der Waals surface area contributed by atoms with Crippen molar-refractivity contribution in [3.63, 3.8) is 0 Å². The first-order valence-electron chi connectivity index (χ1n) is 8.04. The smallest absolute Gasteiger partial charge is 0.323 e. The number of carbonyl (C=O) groups is 1. The van der Waals surface area contributed by atoms with Gasteiger partial charge in [0.1, 0.15) is 5.82 Å². The van der Waals surface area contributed by atoms with Crippen molar-refractivity contribution >= 4 is 11.8 Å². The van der Waals surface area contributed by atoms with Gasteiger partial charge in [0.05, 0.1) is 12.3 Å². The summed E-state index contributed by atoms with van der Waals surface area (Å²) in [6.45, 7) is 4.68. The number of aryl methyl sites for hydroxylation is 1.